The van der Waals surface area contributed by atoms with E-state index in [0.29, 0.717) is 29.0 Å². The molecule has 0 radical (unpaired) electrons. The van der Waals surface area contributed by atoms with Crippen LogP contribution in [0.5, 0.6) is 0 Å². The summed E-state index contributed by atoms with van der Waals surface area (Å²) < 4.78 is 27.7. The second-order valence-electron chi connectivity index (χ2n) is 8.36. The van der Waals surface area contributed by atoms with Gasteiger partial charge in [-0.15, -0.1) is 0 Å². The second kappa shape index (κ2) is 9.67. The van der Waals surface area contributed by atoms with E-state index in [4.69, 9.17) is 0 Å². The summed E-state index contributed by atoms with van der Waals surface area (Å²) in [6.07, 6.45) is 0.832. The molecule has 0 unspecified atom stereocenters. The average molecular weight is 498 g/mol. The van der Waals surface area contributed by atoms with Crippen molar-refractivity contribution >= 4 is 38.9 Å². The molecule has 0 spiro atoms. The first-order valence-corrected chi connectivity index (χ1v) is 12.9. The van der Waals surface area contributed by atoms with Gasteiger partial charge in [0.25, 0.3) is 21.8 Å². The predicted octanol–water partition coefficient (Wildman–Crippen LogP) is 4.94. The van der Waals surface area contributed by atoms with Crippen LogP contribution in [0.1, 0.15) is 26.3 Å². The third-order valence-electron chi connectivity index (χ3n) is 5.97. The van der Waals surface area contributed by atoms with Crippen LogP contribution in [0.15, 0.2) is 108 Å². The maximum Gasteiger partial charge on any atom is 0.261 e. The Morgan fingerprint density at radius 1 is 0.694 bits per heavy atom. The summed E-state index contributed by atoms with van der Waals surface area (Å²) in [5, 5.41) is 2.78. The highest BCUT2D eigenvalue weighted by atomic mass is 32.2. The van der Waals surface area contributed by atoms with E-state index in [-0.39, 0.29) is 16.7 Å². The average Bonchev–Trinajstić information content (AvgIpc) is 3.33. The van der Waals surface area contributed by atoms with E-state index in [1.807, 2.05) is 24.3 Å². The van der Waals surface area contributed by atoms with Crippen LogP contribution in [0.25, 0.3) is 0 Å². The largest absolute Gasteiger partial charge is 0.322 e. The number of para-hydroxylation sites is 2. The fourth-order valence-corrected chi connectivity index (χ4v) is 5.17. The van der Waals surface area contributed by atoms with Crippen molar-refractivity contribution in [3.63, 3.8) is 0 Å². The summed E-state index contributed by atoms with van der Waals surface area (Å²) in [7, 11) is -3.77. The highest BCUT2D eigenvalue weighted by Gasteiger charge is 2.25. The zero-order valence-electron chi connectivity index (χ0n) is 19.2. The number of carbonyl (C=O) groups excluding carboxylic acids is 2. The lowest BCUT2D eigenvalue weighted by atomic mass is 10.1. The Kier molecular flexibility index (Phi) is 6.26. The zero-order chi connectivity index (χ0) is 25.1. The van der Waals surface area contributed by atoms with Gasteiger partial charge in [0.15, 0.2) is 0 Å². The van der Waals surface area contributed by atoms with E-state index in [1.165, 1.54) is 24.3 Å². The first-order chi connectivity index (χ1) is 17.4. The summed E-state index contributed by atoms with van der Waals surface area (Å²) in [5.74, 6) is -0.471. The molecule has 1 aliphatic heterocycles. The van der Waals surface area contributed by atoms with Gasteiger partial charge in [0.2, 0.25) is 0 Å². The molecule has 2 N–H and O–H groups in total. The maximum absolute atomic E-state index is 13.0. The third kappa shape index (κ3) is 4.85. The maximum atomic E-state index is 13.0. The molecule has 0 aliphatic carbocycles. The van der Waals surface area contributed by atoms with E-state index in [1.54, 1.807) is 59.5 Å². The molecule has 4 aromatic carbocycles. The second-order valence-corrected chi connectivity index (χ2v) is 10.0. The molecule has 36 heavy (non-hydrogen) atoms. The lowest BCUT2D eigenvalue weighted by Gasteiger charge is -2.17. The summed E-state index contributed by atoms with van der Waals surface area (Å²) in [5.41, 5.74) is 3.91. The summed E-state index contributed by atoms with van der Waals surface area (Å²) in [4.78, 5) is 27.5. The molecule has 5 rings (SSSR count). The number of rotatable bonds is 6. The van der Waals surface area contributed by atoms with Gasteiger partial charge in [-0.05, 0) is 78.7 Å². The van der Waals surface area contributed by atoms with Gasteiger partial charge in [-0.2, -0.15) is 0 Å². The van der Waals surface area contributed by atoms with Crippen molar-refractivity contribution in [3.05, 3.63) is 120 Å². The number of hydrogen-bond donors (Lipinski definition) is 2. The Morgan fingerprint density at radius 3 is 2.06 bits per heavy atom. The quantitative estimate of drug-likeness (QED) is 0.394. The van der Waals surface area contributed by atoms with Gasteiger partial charge in [-0.1, -0.05) is 36.4 Å². The number of benzene rings is 4. The minimum atomic E-state index is -3.77. The molecule has 1 aliphatic rings. The highest BCUT2D eigenvalue weighted by molar-refractivity contribution is 7.92. The third-order valence-corrected chi connectivity index (χ3v) is 7.37. The molecular formula is C28H23N3O4S. The fourth-order valence-electron chi connectivity index (χ4n) is 4.11. The van der Waals surface area contributed by atoms with Gasteiger partial charge in [0.1, 0.15) is 0 Å². The first-order valence-electron chi connectivity index (χ1n) is 11.4. The SMILES string of the molecule is O=C(Nc1ccc(C(=O)N2CCc3ccccc32)cc1)c1ccc(S(=O)(=O)Nc2ccccc2)cc1. The van der Waals surface area contributed by atoms with Gasteiger partial charge >= 0.3 is 0 Å². The zero-order valence-corrected chi connectivity index (χ0v) is 20.0. The predicted molar refractivity (Wildman–Crippen MR) is 140 cm³/mol. The Hall–Kier alpha value is -4.43. The number of carbonyl (C=O) groups is 2. The number of fused-ring (bicyclic) bond motifs is 1. The number of hydrogen-bond acceptors (Lipinski definition) is 4. The molecule has 0 atom stereocenters. The Labute approximate surface area is 209 Å². The lowest BCUT2D eigenvalue weighted by Crippen LogP contribution is -2.28. The van der Waals surface area contributed by atoms with Crippen LogP contribution < -0.4 is 14.9 Å². The van der Waals surface area contributed by atoms with Crippen LogP contribution in [-0.2, 0) is 16.4 Å². The Bertz CT molecular complexity index is 1520. The number of nitrogens with zero attached hydrogens (tertiary/aromatic N) is 1. The van der Waals surface area contributed by atoms with Crippen LogP contribution >= 0.6 is 0 Å². The number of amides is 2. The molecule has 1 heterocycles. The summed E-state index contributed by atoms with van der Waals surface area (Å²) in [6, 6.07) is 28.8. The standard InChI is InChI=1S/C28H23N3O4S/c32-27(21-12-16-25(17-13-21)36(34,35)30-24-7-2-1-3-8-24)29-23-14-10-22(11-15-23)28(33)31-19-18-20-6-4-5-9-26(20)31/h1-17,30H,18-19H2,(H,29,32). The molecule has 8 heteroatoms. The van der Waals surface area contributed by atoms with Crippen LogP contribution in [0.2, 0.25) is 0 Å². The van der Waals surface area contributed by atoms with Crippen LogP contribution in [-0.4, -0.2) is 26.8 Å². The minimum absolute atomic E-state index is 0.0502. The van der Waals surface area contributed by atoms with Crippen molar-refractivity contribution in [2.24, 2.45) is 0 Å². The molecule has 0 saturated heterocycles. The summed E-state index contributed by atoms with van der Waals surface area (Å²) >= 11 is 0. The van der Waals surface area contributed by atoms with Gasteiger partial charge in [-0.3, -0.25) is 14.3 Å². The molecule has 0 saturated carbocycles. The van der Waals surface area contributed by atoms with E-state index < -0.39 is 10.0 Å². The molecule has 180 valence electrons. The summed E-state index contributed by atoms with van der Waals surface area (Å²) in [6.45, 7) is 0.642. The van der Waals surface area contributed by atoms with Crippen molar-refractivity contribution in [2.45, 2.75) is 11.3 Å². The molecule has 7 nitrogen and oxygen atoms in total. The van der Waals surface area contributed by atoms with Gasteiger partial charge in [0, 0.05) is 34.7 Å². The molecule has 0 fully saturated rings. The Morgan fingerprint density at radius 2 is 1.33 bits per heavy atom. The number of sulfonamides is 1. The van der Waals surface area contributed by atoms with Crippen molar-refractivity contribution in [1.82, 2.24) is 0 Å². The first kappa shape index (κ1) is 23.3. The molecule has 4 aromatic rings. The number of anilines is 3. The van der Waals surface area contributed by atoms with Gasteiger partial charge in [0.05, 0.1) is 4.90 Å². The van der Waals surface area contributed by atoms with E-state index >= 15 is 0 Å². The normalized spacial score (nSPS) is 12.6. The topological polar surface area (TPSA) is 95.6 Å². The molecule has 2 amide bonds. The van der Waals surface area contributed by atoms with Crippen LogP contribution in [0.3, 0.4) is 0 Å². The smallest absolute Gasteiger partial charge is 0.261 e. The molecule has 0 aromatic heterocycles. The van der Waals surface area contributed by atoms with E-state index in [9.17, 15) is 18.0 Å². The Balaban J connectivity index is 1.23. The molecular weight excluding hydrogens is 474 g/mol. The van der Waals surface area contributed by atoms with Gasteiger partial charge < -0.3 is 10.2 Å². The van der Waals surface area contributed by atoms with Crippen molar-refractivity contribution in [3.8, 4) is 0 Å². The van der Waals surface area contributed by atoms with E-state index in [0.717, 1.165) is 17.7 Å². The lowest BCUT2D eigenvalue weighted by molar-refractivity contribution is 0.0988. The van der Waals surface area contributed by atoms with Crippen molar-refractivity contribution < 1.29 is 18.0 Å². The van der Waals surface area contributed by atoms with Gasteiger partial charge in [-0.25, -0.2) is 8.42 Å². The minimum Gasteiger partial charge on any atom is -0.322 e. The van der Waals surface area contributed by atoms with Crippen molar-refractivity contribution in [1.29, 1.82) is 0 Å². The monoisotopic (exact) mass is 497 g/mol. The van der Waals surface area contributed by atoms with Crippen molar-refractivity contribution in [2.75, 3.05) is 21.5 Å². The van der Waals surface area contributed by atoms with Crippen LogP contribution in [0.4, 0.5) is 17.1 Å². The number of nitrogens with one attached hydrogen (secondary N) is 2. The molecule has 0 bridgehead atoms. The fraction of sp³-hybridized carbons (Fsp3) is 0.0714. The van der Waals surface area contributed by atoms with Crippen LogP contribution in [0, 0.1) is 0 Å². The highest BCUT2D eigenvalue weighted by Crippen LogP contribution is 2.29. The van der Waals surface area contributed by atoms with E-state index in [2.05, 4.69) is 10.0 Å².